The van der Waals surface area contributed by atoms with Crippen LogP contribution in [0.4, 0.5) is 11.4 Å². The number of carbonyl (C=O) groups is 2. The molecule has 2 aromatic heterocycles. The van der Waals surface area contributed by atoms with Crippen LogP contribution in [0.5, 0.6) is 0 Å². The van der Waals surface area contributed by atoms with Gasteiger partial charge in [0.05, 0.1) is 5.69 Å². The lowest BCUT2D eigenvalue weighted by Crippen LogP contribution is -2.23. The highest BCUT2D eigenvalue weighted by atomic mass is 35.5. The van der Waals surface area contributed by atoms with Crippen molar-refractivity contribution in [2.24, 2.45) is 0 Å². The number of aromatic nitrogens is 2. The molecule has 0 spiro atoms. The maximum atomic E-state index is 12.3. The summed E-state index contributed by atoms with van der Waals surface area (Å²) in [6.07, 6.45) is 6.31. The molecule has 1 aliphatic heterocycles. The summed E-state index contributed by atoms with van der Waals surface area (Å²) in [6, 6.07) is 12.9. The van der Waals surface area contributed by atoms with Crippen molar-refractivity contribution in [1.82, 2.24) is 9.38 Å². The van der Waals surface area contributed by atoms with Gasteiger partial charge in [-0.05, 0) is 42.8 Å². The van der Waals surface area contributed by atoms with E-state index in [4.69, 9.17) is 11.6 Å². The monoisotopic (exact) mass is 380 g/mol. The second-order valence-electron chi connectivity index (χ2n) is 6.24. The minimum atomic E-state index is -0.290. The van der Waals surface area contributed by atoms with E-state index in [2.05, 4.69) is 10.3 Å². The van der Waals surface area contributed by atoms with Crippen molar-refractivity contribution >= 4 is 46.5 Å². The molecule has 3 aromatic rings. The van der Waals surface area contributed by atoms with Gasteiger partial charge in [-0.3, -0.25) is 14.0 Å². The van der Waals surface area contributed by atoms with Crippen LogP contribution < -0.4 is 10.2 Å². The Morgan fingerprint density at radius 2 is 2.11 bits per heavy atom. The number of fused-ring (bicyclic) bond motifs is 1. The van der Waals surface area contributed by atoms with Gasteiger partial charge in [0.25, 0.3) is 0 Å². The average Bonchev–Trinajstić information content (AvgIpc) is 3.22. The summed E-state index contributed by atoms with van der Waals surface area (Å²) in [4.78, 5) is 30.2. The second kappa shape index (κ2) is 7.25. The molecule has 0 bridgehead atoms. The summed E-state index contributed by atoms with van der Waals surface area (Å²) in [6.45, 7) is 0.711. The minimum Gasteiger partial charge on any atom is -0.322 e. The second-order valence-corrected chi connectivity index (χ2v) is 6.60. The largest absolute Gasteiger partial charge is 0.322 e. The number of hydrogen-bond donors (Lipinski definition) is 1. The normalized spacial score (nSPS) is 14.4. The number of imidazole rings is 1. The number of halogens is 1. The third-order valence-electron chi connectivity index (χ3n) is 4.41. The molecule has 6 nitrogen and oxygen atoms in total. The molecule has 1 aliphatic rings. The predicted molar refractivity (Wildman–Crippen MR) is 106 cm³/mol. The van der Waals surface area contributed by atoms with Gasteiger partial charge in [-0.15, -0.1) is 0 Å². The van der Waals surface area contributed by atoms with Gasteiger partial charge in [0.2, 0.25) is 11.8 Å². The molecule has 2 amide bonds. The molecule has 0 radical (unpaired) electrons. The van der Waals surface area contributed by atoms with Crippen molar-refractivity contribution in [3.8, 4) is 0 Å². The molecule has 1 aromatic carbocycles. The van der Waals surface area contributed by atoms with Crippen LogP contribution in [0.1, 0.15) is 18.5 Å². The Hall–Kier alpha value is -3.12. The summed E-state index contributed by atoms with van der Waals surface area (Å²) in [5, 5.41) is 3.15. The van der Waals surface area contributed by atoms with E-state index in [-0.39, 0.29) is 11.8 Å². The number of nitrogens with one attached hydrogen (secondary N) is 1. The van der Waals surface area contributed by atoms with Gasteiger partial charge in [-0.25, -0.2) is 4.98 Å². The number of carbonyl (C=O) groups excluding carboxylic acids is 2. The smallest absolute Gasteiger partial charge is 0.248 e. The maximum absolute atomic E-state index is 12.3. The topological polar surface area (TPSA) is 66.7 Å². The van der Waals surface area contributed by atoms with E-state index in [1.165, 1.54) is 6.08 Å². The molecule has 1 fully saturated rings. The summed E-state index contributed by atoms with van der Waals surface area (Å²) in [5.41, 5.74) is 2.78. The van der Waals surface area contributed by atoms with E-state index >= 15 is 0 Å². The highest BCUT2D eigenvalue weighted by Gasteiger charge is 2.21. The van der Waals surface area contributed by atoms with Gasteiger partial charge < -0.3 is 10.2 Å². The first-order valence-electron chi connectivity index (χ1n) is 8.64. The lowest BCUT2D eigenvalue weighted by Gasteiger charge is -2.16. The van der Waals surface area contributed by atoms with Crippen molar-refractivity contribution in [2.45, 2.75) is 12.8 Å². The molecule has 136 valence electrons. The molecular weight excluding hydrogens is 364 g/mol. The van der Waals surface area contributed by atoms with Crippen LogP contribution in [-0.2, 0) is 9.59 Å². The fourth-order valence-electron chi connectivity index (χ4n) is 3.15. The molecule has 3 heterocycles. The third kappa shape index (κ3) is 3.57. The number of rotatable bonds is 4. The Labute approximate surface area is 161 Å². The summed E-state index contributed by atoms with van der Waals surface area (Å²) < 4.78 is 1.81. The number of nitrogens with zero attached hydrogens (tertiary/aromatic N) is 3. The van der Waals surface area contributed by atoms with Crippen molar-refractivity contribution in [3.05, 3.63) is 65.6 Å². The van der Waals surface area contributed by atoms with Gasteiger partial charge in [-0.1, -0.05) is 23.7 Å². The van der Waals surface area contributed by atoms with Crippen molar-refractivity contribution < 1.29 is 9.59 Å². The van der Waals surface area contributed by atoms with E-state index in [9.17, 15) is 9.59 Å². The third-order valence-corrected chi connectivity index (χ3v) is 4.69. The first-order valence-corrected chi connectivity index (χ1v) is 9.02. The predicted octanol–water partition coefficient (Wildman–Crippen LogP) is 3.77. The van der Waals surface area contributed by atoms with E-state index < -0.39 is 0 Å². The highest BCUT2D eigenvalue weighted by Crippen LogP contribution is 2.24. The average molecular weight is 381 g/mol. The Balaban J connectivity index is 1.50. The van der Waals surface area contributed by atoms with Crippen LogP contribution in [0.15, 0.2) is 54.7 Å². The lowest BCUT2D eigenvalue weighted by atomic mass is 10.2. The minimum absolute atomic E-state index is 0.112. The molecule has 0 atom stereocenters. The Bertz CT molecular complexity index is 1060. The Morgan fingerprint density at radius 1 is 1.22 bits per heavy atom. The molecule has 0 aliphatic carbocycles. The van der Waals surface area contributed by atoms with Crippen molar-refractivity contribution in [3.63, 3.8) is 0 Å². The standard InChI is InChI=1S/C20H17ClN4O2/c21-20-16(25-11-2-1-7-17(25)23-20)9-10-18(26)22-14-5-3-6-15(13-14)24-12-4-8-19(24)27/h1-3,5-7,9-11,13H,4,8,12H2,(H,22,26)/b10-9+. The fraction of sp³-hybridized carbons (Fsp3) is 0.150. The molecule has 0 unspecified atom stereocenters. The van der Waals surface area contributed by atoms with Crippen LogP contribution in [0.25, 0.3) is 11.7 Å². The van der Waals surface area contributed by atoms with Gasteiger partial charge in [0.15, 0.2) is 5.15 Å². The first kappa shape index (κ1) is 17.3. The quantitative estimate of drug-likeness (QED) is 0.701. The number of pyridine rings is 1. The molecule has 1 N–H and O–H groups in total. The zero-order valence-electron chi connectivity index (χ0n) is 14.4. The summed E-state index contributed by atoms with van der Waals surface area (Å²) in [7, 11) is 0. The summed E-state index contributed by atoms with van der Waals surface area (Å²) >= 11 is 6.17. The Morgan fingerprint density at radius 3 is 2.93 bits per heavy atom. The summed E-state index contributed by atoms with van der Waals surface area (Å²) in [5.74, 6) is -0.178. The maximum Gasteiger partial charge on any atom is 0.248 e. The number of amides is 2. The van der Waals surface area contributed by atoms with Crippen LogP contribution in [0.2, 0.25) is 5.15 Å². The zero-order valence-corrected chi connectivity index (χ0v) is 15.2. The van der Waals surface area contributed by atoms with Crippen LogP contribution >= 0.6 is 11.6 Å². The van der Waals surface area contributed by atoms with E-state index in [0.717, 1.165) is 12.1 Å². The molecule has 7 heteroatoms. The van der Waals surface area contributed by atoms with Gasteiger partial charge in [-0.2, -0.15) is 0 Å². The molecule has 27 heavy (non-hydrogen) atoms. The molecular formula is C20H17ClN4O2. The Kier molecular flexibility index (Phi) is 4.64. The van der Waals surface area contributed by atoms with Gasteiger partial charge in [0.1, 0.15) is 5.65 Å². The molecule has 0 saturated carbocycles. The van der Waals surface area contributed by atoms with Crippen LogP contribution in [-0.4, -0.2) is 27.7 Å². The molecule has 1 saturated heterocycles. The van der Waals surface area contributed by atoms with E-state index in [1.807, 2.05) is 40.9 Å². The number of hydrogen-bond acceptors (Lipinski definition) is 3. The number of benzene rings is 1. The fourth-order valence-corrected chi connectivity index (χ4v) is 3.39. The molecule has 4 rings (SSSR count). The first-order chi connectivity index (χ1) is 13.1. The van der Waals surface area contributed by atoms with Crippen LogP contribution in [0, 0.1) is 0 Å². The van der Waals surface area contributed by atoms with Crippen molar-refractivity contribution in [1.29, 1.82) is 0 Å². The lowest BCUT2D eigenvalue weighted by molar-refractivity contribution is -0.117. The number of anilines is 2. The van der Waals surface area contributed by atoms with Crippen molar-refractivity contribution in [2.75, 3.05) is 16.8 Å². The zero-order chi connectivity index (χ0) is 18.8. The SMILES string of the molecule is O=C(/C=C/c1c(Cl)nc2ccccn12)Nc1cccc(N2CCCC2=O)c1. The van der Waals surface area contributed by atoms with Gasteiger partial charge >= 0.3 is 0 Å². The highest BCUT2D eigenvalue weighted by molar-refractivity contribution is 6.31. The van der Waals surface area contributed by atoms with E-state index in [0.29, 0.717) is 35.1 Å². The van der Waals surface area contributed by atoms with Gasteiger partial charge in [0, 0.05) is 36.6 Å². The van der Waals surface area contributed by atoms with Crippen LogP contribution in [0.3, 0.4) is 0 Å². The van der Waals surface area contributed by atoms with E-state index in [1.54, 1.807) is 23.1 Å².